The van der Waals surface area contributed by atoms with E-state index in [-0.39, 0.29) is 11.3 Å². The number of alkyl halides is 3. The van der Waals surface area contributed by atoms with Crippen molar-refractivity contribution in [1.29, 1.82) is 0 Å². The number of nitrogens with two attached hydrogens (primary N) is 1. The molecule has 0 saturated heterocycles. The van der Waals surface area contributed by atoms with Crippen molar-refractivity contribution in [3.8, 4) is 11.1 Å². The molecular weight excluding hydrogens is 691 g/mol. The molecule has 16 heteroatoms. The largest absolute Gasteiger partial charge is 0.416 e. The third-order valence-electron chi connectivity index (χ3n) is 7.43. The zero-order valence-electron chi connectivity index (χ0n) is 28.4. The number of hydrogen-bond donors (Lipinski definition) is 6. The van der Waals surface area contributed by atoms with E-state index in [0.29, 0.717) is 5.57 Å². The first-order valence-corrected chi connectivity index (χ1v) is 17.4. The van der Waals surface area contributed by atoms with Crippen LogP contribution in [0.2, 0.25) is 0 Å². The SMILES string of the molecule is C=C(C=CC=CC)CC(NC(=O)C(NS(=O)(=O)c1ccc(-c2ccccc2)cc1)C(C)C)C(=O)NCC(=O)NC(CCC(N)=O)C(O)C(F)(F)F. The van der Waals surface area contributed by atoms with Crippen molar-refractivity contribution in [2.45, 2.75) is 75.3 Å². The highest BCUT2D eigenvalue weighted by molar-refractivity contribution is 7.89. The van der Waals surface area contributed by atoms with Gasteiger partial charge in [-0.2, -0.15) is 17.9 Å². The van der Waals surface area contributed by atoms with Crippen molar-refractivity contribution >= 4 is 33.7 Å². The Balaban J connectivity index is 2.23. The van der Waals surface area contributed by atoms with E-state index in [1.54, 1.807) is 57.2 Å². The van der Waals surface area contributed by atoms with Crippen molar-refractivity contribution in [3.63, 3.8) is 0 Å². The van der Waals surface area contributed by atoms with Crippen LogP contribution < -0.4 is 26.4 Å². The molecule has 2 aromatic rings. The lowest BCUT2D eigenvalue weighted by molar-refractivity contribution is -0.212. The third-order valence-corrected chi connectivity index (χ3v) is 8.88. The van der Waals surface area contributed by atoms with Gasteiger partial charge in [0.25, 0.3) is 0 Å². The summed E-state index contributed by atoms with van der Waals surface area (Å²) in [6.07, 6.45) is -2.94. The number of nitrogens with one attached hydrogen (secondary N) is 4. The molecule has 4 unspecified atom stereocenters. The summed E-state index contributed by atoms with van der Waals surface area (Å²) >= 11 is 0. The maximum atomic E-state index is 13.5. The van der Waals surface area contributed by atoms with Crippen LogP contribution in [0.1, 0.15) is 40.0 Å². The van der Waals surface area contributed by atoms with Gasteiger partial charge < -0.3 is 26.8 Å². The smallest absolute Gasteiger partial charge is 0.382 e. The molecule has 0 aliphatic heterocycles. The van der Waals surface area contributed by atoms with E-state index in [1.807, 2.05) is 35.6 Å². The number of aliphatic hydroxyl groups is 1. The first-order chi connectivity index (χ1) is 23.8. The average Bonchev–Trinajstić information content (AvgIpc) is 3.07. The maximum Gasteiger partial charge on any atom is 0.416 e. The van der Waals surface area contributed by atoms with Gasteiger partial charge in [-0.3, -0.25) is 19.2 Å². The summed E-state index contributed by atoms with van der Waals surface area (Å²) in [6, 6.07) is 10.6. The van der Waals surface area contributed by atoms with Gasteiger partial charge in [0.15, 0.2) is 6.10 Å². The van der Waals surface area contributed by atoms with Gasteiger partial charge >= 0.3 is 6.18 Å². The Bertz CT molecular complexity index is 1680. The summed E-state index contributed by atoms with van der Waals surface area (Å²) in [6.45, 7) is 7.94. The van der Waals surface area contributed by atoms with Crippen molar-refractivity contribution in [2.24, 2.45) is 11.7 Å². The van der Waals surface area contributed by atoms with E-state index in [0.717, 1.165) is 11.1 Å². The predicted octanol–water partition coefficient (Wildman–Crippen LogP) is 3.01. The van der Waals surface area contributed by atoms with Gasteiger partial charge in [-0.1, -0.05) is 92.8 Å². The van der Waals surface area contributed by atoms with E-state index < -0.39 is 89.4 Å². The molecule has 2 rings (SSSR count). The second-order valence-electron chi connectivity index (χ2n) is 11.9. The van der Waals surface area contributed by atoms with Crippen LogP contribution in [-0.2, 0) is 29.2 Å². The van der Waals surface area contributed by atoms with Gasteiger partial charge in [-0.05, 0) is 42.5 Å². The van der Waals surface area contributed by atoms with Crippen LogP contribution in [-0.4, -0.2) is 74.1 Å². The summed E-state index contributed by atoms with van der Waals surface area (Å²) in [5, 5.41) is 16.3. The van der Waals surface area contributed by atoms with Gasteiger partial charge in [-0.25, -0.2) is 8.42 Å². The Morgan fingerprint density at radius 2 is 1.55 bits per heavy atom. The predicted molar refractivity (Wildman–Crippen MR) is 186 cm³/mol. The molecule has 278 valence electrons. The average molecular weight is 736 g/mol. The van der Waals surface area contributed by atoms with E-state index in [1.165, 1.54) is 12.1 Å². The summed E-state index contributed by atoms with van der Waals surface area (Å²) in [5.41, 5.74) is 7.01. The molecule has 0 aliphatic rings. The number of carbonyl (C=O) groups is 4. The summed E-state index contributed by atoms with van der Waals surface area (Å²) < 4.78 is 68.6. The molecule has 0 aromatic heterocycles. The fourth-order valence-corrected chi connectivity index (χ4v) is 6.02. The van der Waals surface area contributed by atoms with Gasteiger partial charge in [0.2, 0.25) is 33.7 Å². The van der Waals surface area contributed by atoms with Crippen LogP contribution in [0.3, 0.4) is 0 Å². The molecule has 0 bridgehead atoms. The van der Waals surface area contributed by atoms with E-state index in [4.69, 9.17) is 5.73 Å². The lowest BCUT2D eigenvalue weighted by Gasteiger charge is -2.26. The molecule has 7 N–H and O–H groups in total. The minimum Gasteiger partial charge on any atom is -0.382 e. The van der Waals surface area contributed by atoms with Crippen LogP contribution >= 0.6 is 0 Å². The molecule has 0 aliphatic carbocycles. The minimum absolute atomic E-state index is 0.104. The first kappa shape index (κ1) is 42.4. The molecule has 0 saturated carbocycles. The van der Waals surface area contributed by atoms with Crippen molar-refractivity contribution in [3.05, 3.63) is 91.1 Å². The minimum atomic E-state index is -5.13. The number of aliphatic hydroxyl groups excluding tert-OH is 1. The van der Waals surface area contributed by atoms with Gasteiger partial charge in [-0.15, -0.1) is 0 Å². The van der Waals surface area contributed by atoms with Crippen LogP contribution in [0.25, 0.3) is 11.1 Å². The highest BCUT2D eigenvalue weighted by Crippen LogP contribution is 2.24. The number of halogens is 3. The van der Waals surface area contributed by atoms with Gasteiger partial charge in [0.1, 0.15) is 12.1 Å². The standard InChI is InChI=1S/C35H44F3N5O7S/c1-5-6-8-11-23(4)20-28(33(47)40-21-30(45)41-27(18-19-29(39)44)32(46)35(36,37)38)42-34(48)31(22(2)3)43-51(49,50)26-16-14-25(15-17-26)24-12-9-7-10-13-24/h5-17,22,27-28,31-32,43,46H,4,18-21H2,1-3H3,(H2,39,44)(H,40,47)(H,41,45)(H,42,48). The molecule has 0 heterocycles. The highest BCUT2D eigenvalue weighted by atomic mass is 32.2. The Hall–Kier alpha value is -4.80. The fraction of sp³-hybridized carbons (Fsp3) is 0.371. The number of primary amides is 1. The highest BCUT2D eigenvalue weighted by Gasteiger charge is 2.44. The quantitative estimate of drug-likeness (QED) is 0.119. The second kappa shape index (κ2) is 19.6. The normalized spacial score (nSPS) is 14.5. The first-order valence-electron chi connectivity index (χ1n) is 15.9. The number of allylic oxidation sites excluding steroid dienone is 4. The zero-order chi connectivity index (χ0) is 38.4. The number of carbonyl (C=O) groups excluding carboxylic acids is 4. The number of amides is 4. The Kier molecular flexibility index (Phi) is 16.2. The van der Waals surface area contributed by atoms with Crippen LogP contribution in [0.15, 0.2) is 95.9 Å². The molecule has 12 nitrogen and oxygen atoms in total. The van der Waals surface area contributed by atoms with Crippen molar-refractivity contribution < 1.29 is 45.9 Å². The monoisotopic (exact) mass is 735 g/mol. The van der Waals surface area contributed by atoms with Crippen molar-refractivity contribution in [2.75, 3.05) is 6.54 Å². The van der Waals surface area contributed by atoms with Crippen molar-refractivity contribution in [1.82, 2.24) is 20.7 Å². The van der Waals surface area contributed by atoms with Crippen LogP contribution in [0.4, 0.5) is 13.2 Å². The van der Waals surface area contributed by atoms with Crippen LogP contribution in [0, 0.1) is 5.92 Å². The Morgan fingerprint density at radius 1 is 0.941 bits per heavy atom. The number of benzene rings is 2. The number of rotatable bonds is 19. The fourth-order valence-electron chi connectivity index (χ4n) is 4.67. The molecular formula is C35H44F3N5O7S. The molecule has 51 heavy (non-hydrogen) atoms. The summed E-state index contributed by atoms with van der Waals surface area (Å²) in [5.74, 6) is -4.51. The number of hydrogen-bond acceptors (Lipinski definition) is 7. The van der Waals surface area contributed by atoms with E-state index >= 15 is 0 Å². The van der Waals surface area contributed by atoms with E-state index in [9.17, 15) is 45.9 Å². The molecule has 0 radical (unpaired) electrons. The second-order valence-corrected chi connectivity index (χ2v) is 13.6. The molecule has 0 spiro atoms. The van der Waals surface area contributed by atoms with Gasteiger partial charge in [0.05, 0.1) is 17.5 Å². The molecule has 0 fully saturated rings. The summed E-state index contributed by atoms with van der Waals surface area (Å²) in [7, 11) is -4.23. The lowest BCUT2D eigenvalue weighted by atomic mass is 10.0. The maximum absolute atomic E-state index is 13.5. The number of sulfonamides is 1. The summed E-state index contributed by atoms with van der Waals surface area (Å²) in [4.78, 5) is 50.4. The molecule has 4 atom stereocenters. The van der Waals surface area contributed by atoms with Gasteiger partial charge in [0, 0.05) is 12.8 Å². The Morgan fingerprint density at radius 3 is 2.10 bits per heavy atom. The topological polar surface area (TPSA) is 197 Å². The van der Waals surface area contributed by atoms with E-state index in [2.05, 4.69) is 21.9 Å². The third kappa shape index (κ3) is 14.2. The van der Waals surface area contributed by atoms with Crippen LogP contribution in [0.5, 0.6) is 0 Å². The molecule has 4 amide bonds. The Labute approximate surface area is 295 Å². The lowest BCUT2D eigenvalue weighted by Crippen LogP contribution is -2.56. The zero-order valence-corrected chi connectivity index (χ0v) is 29.3. The molecule has 2 aromatic carbocycles.